The largest absolute Gasteiger partial charge is 0.506 e. The minimum atomic E-state index is -0.778. The normalized spacial score (nSPS) is 12.6. The summed E-state index contributed by atoms with van der Waals surface area (Å²) in [7, 11) is 0. The molecule has 3 aromatic rings. The fourth-order valence-electron chi connectivity index (χ4n) is 3.27. The maximum absolute atomic E-state index is 11.5. The molecule has 1 aromatic heterocycles. The number of phenols is 1. The van der Waals surface area contributed by atoms with E-state index in [0.717, 1.165) is 17.9 Å². The fraction of sp³-hybridized carbons (Fsp3) is 0.318. The van der Waals surface area contributed by atoms with Crippen LogP contribution in [0.4, 0.5) is 0 Å². The minimum absolute atomic E-state index is 0. The van der Waals surface area contributed by atoms with Gasteiger partial charge in [0.2, 0.25) is 5.56 Å². The van der Waals surface area contributed by atoms with Gasteiger partial charge in [0.25, 0.3) is 0 Å². The summed E-state index contributed by atoms with van der Waals surface area (Å²) in [6.07, 6.45) is 0.975. The predicted octanol–water partition coefficient (Wildman–Crippen LogP) is 4.34. The van der Waals surface area contributed by atoms with Gasteiger partial charge in [-0.1, -0.05) is 29.8 Å². The highest BCUT2D eigenvalue weighted by atomic mass is 35.5. The number of H-pyrrole nitrogens is 1. The molecular weight excluding hydrogens is 411 g/mol. The summed E-state index contributed by atoms with van der Waals surface area (Å²) in [6.45, 7) is 4.54. The first kappa shape index (κ1) is 23.2. The number of rotatable bonds is 7. The number of aliphatic hydroxyl groups is 1. The van der Waals surface area contributed by atoms with E-state index in [1.54, 1.807) is 12.1 Å². The van der Waals surface area contributed by atoms with Crippen LogP contribution in [0.3, 0.4) is 0 Å². The zero-order chi connectivity index (χ0) is 20.3. The van der Waals surface area contributed by atoms with Crippen molar-refractivity contribution in [1.29, 1.82) is 0 Å². The molecule has 1 heterocycles. The van der Waals surface area contributed by atoms with Crippen molar-refractivity contribution in [2.24, 2.45) is 0 Å². The Morgan fingerprint density at radius 3 is 2.66 bits per heavy atom. The molecule has 0 aliphatic heterocycles. The van der Waals surface area contributed by atoms with Gasteiger partial charge in [-0.05, 0) is 62.1 Å². The number of nitrogens with one attached hydrogen (secondary N) is 2. The summed E-state index contributed by atoms with van der Waals surface area (Å²) in [5.41, 5.74) is 1.68. The molecule has 0 fully saturated rings. The Morgan fingerprint density at radius 2 is 1.93 bits per heavy atom. The molecule has 1 atom stereocenters. The van der Waals surface area contributed by atoms with Gasteiger partial charge in [-0.25, -0.2) is 0 Å². The van der Waals surface area contributed by atoms with Crippen LogP contribution < -0.4 is 10.9 Å². The lowest BCUT2D eigenvalue weighted by Gasteiger charge is -2.28. The van der Waals surface area contributed by atoms with Crippen LogP contribution in [0.5, 0.6) is 5.75 Å². The summed E-state index contributed by atoms with van der Waals surface area (Å²) in [4.78, 5) is 14.2. The highest BCUT2D eigenvalue weighted by molar-refractivity contribution is 6.30. The average Bonchev–Trinajstić information content (AvgIpc) is 2.65. The SMILES string of the molecule is CC(C)(CCc1cccc(Cl)c1)NCC(O)c1ccc(O)c2[nH]c(=O)ccc12.Cl. The van der Waals surface area contributed by atoms with Gasteiger partial charge >= 0.3 is 0 Å². The van der Waals surface area contributed by atoms with E-state index < -0.39 is 6.10 Å². The maximum atomic E-state index is 11.5. The van der Waals surface area contributed by atoms with Gasteiger partial charge in [-0.2, -0.15) is 0 Å². The average molecular weight is 437 g/mol. The third-order valence-corrected chi connectivity index (χ3v) is 5.20. The topological polar surface area (TPSA) is 85.3 Å². The van der Waals surface area contributed by atoms with Crippen LogP contribution in [0.15, 0.2) is 53.3 Å². The Labute approximate surface area is 181 Å². The summed E-state index contributed by atoms with van der Waals surface area (Å²) in [6, 6.07) is 14.0. The van der Waals surface area contributed by atoms with Crippen molar-refractivity contribution in [2.75, 3.05) is 6.54 Å². The molecule has 2 aromatic carbocycles. The first-order valence-electron chi connectivity index (χ1n) is 9.28. The van der Waals surface area contributed by atoms with Crippen molar-refractivity contribution in [3.05, 3.63) is 75.0 Å². The van der Waals surface area contributed by atoms with Crippen molar-refractivity contribution in [3.63, 3.8) is 0 Å². The van der Waals surface area contributed by atoms with E-state index in [2.05, 4.69) is 30.2 Å². The number of pyridine rings is 1. The number of fused-ring (bicyclic) bond motifs is 1. The van der Waals surface area contributed by atoms with Crippen molar-refractivity contribution in [3.8, 4) is 5.75 Å². The van der Waals surface area contributed by atoms with Crippen LogP contribution >= 0.6 is 24.0 Å². The van der Waals surface area contributed by atoms with Crippen LogP contribution in [0.1, 0.15) is 37.5 Å². The van der Waals surface area contributed by atoms with Gasteiger partial charge in [0, 0.05) is 28.6 Å². The molecule has 0 radical (unpaired) electrons. The second-order valence-corrected chi connectivity index (χ2v) is 8.13. The number of halogens is 2. The Kier molecular flexibility index (Phi) is 7.72. The molecule has 0 saturated heterocycles. The number of aromatic hydroxyl groups is 1. The lowest BCUT2D eigenvalue weighted by Crippen LogP contribution is -2.42. The van der Waals surface area contributed by atoms with E-state index >= 15 is 0 Å². The minimum Gasteiger partial charge on any atom is -0.506 e. The monoisotopic (exact) mass is 436 g/mol. The van der Waals surface area contributed by atoms with Crippen LogP contribution in [-0.4, -0.2) is 27.3 Å². The summed E-state index contributed by atoms with van der Waals surface area (Å²) in [5.74, 6) is -0.0153. The van der Waals surface area contributed by atoms with E-state index in [4.69, 9.17) is 11.6 Å². The highest BCUT2D eigenvalue weighted by Gasteiger charge is 2.20. The number of hydrogen-bond acceptors (Lipinski definition) is 4. The van der Waals surface area contributed by atoms with Gasteiger partial charge in [0.1, 0.15) is 5.75 Å². The zero-order valence-electron chi connectivity index (χ0n) is 16.4. The molecule has 0 spiro atoms. The van der Waals surface area contributed by atoms with E-state index in [0.29, 0.717) is 23.0 Å². The number of aryl methyl sites for hydroxylation is 1. The van der Waals surface area contributed by atoms with Gasteiger partial charge in [-0.3, -0.25) is 4.79 Å². The van der Waals surface area contributed by atoms with Crippen LogP contribution in [-0.2, 0) is 6.42 Å². The molecular formula is C22H26Cl2N2O3. The summed E-state index contributed by atoms with van der Waals surface area (Å²) in [5, 5.41) is 25.5. The number of hydrogen-bond donors (Lipinski definition) is 4. The Hall–Kier alpha value is -2.05. The van der Waals surface area contributed by atoms with Crippen LogP contribution in [0.2, 0.25) is 5.02 Å². The molecule has 4 N–H and O–H groups in total. The third-order valence-electron chi connectivity index (χ3n) is 4.97. The molecule has 0 aliphatic rings. The standard InChI is InChI=1S/C22H25ClN2O3.ClH/c1-22(2,11-10-14-4-3-5-15(23)12-14)24-13-19(27)16-6-8-18(26)21-17(16)7-9-20(28)25-21;/h3-9,12,19,24,26-27H,10-11,13H2,1-2H3,(H,25,28);1H. The number of aliphatic hydroxyl groups excluding tert-OH is 1. The first-order chi connectivity index (χ1) is 13.2. The molecule has 0 saturated carbocycles. The first-order valence-corrected chi connectivity index (χ1v) is 9.65. The predicted molar refractivity (Wildman–Crippen MR) is 120 cm³/mol. The van der Waals surface area contributed by atoms with Gasteiger partial charge in [0.05, 0.1) is 11.6 Å². The third kappa shape index (κ3) is 5.97. The molecule has 0 bridgehead atoms. The fourth-order valence-corrected chi connectivity index (χ4v) is 3.48. The van der Waals surface area contributed by atoms with Gasteiger partial charge < -0.3 is 20.5 Å². The van der Waals surface area contributed by atoms with E-state index in [-0.39, 0.29) is 29.3 Å². The number of aromatic nitrogens is 1. The lowest BCUT2D eigenvalue weighted by molar-refractivity contribution is 0.160. The van der Waals surface area contributed by atoms with E-state index in [1.165, 1.54) is 17.7 Å². The van der Waals surface area contributed by atoms with Gasteiger partial charge in [-0.15, -0.1) is 12.4 Å². The van der Waals surface area contributed by atoms with Gasteiger partial charge in [0.15, 0.2) is 0 Å². The maximum Gasteiger partial charge on any atom is 0.248 e. The smallest absolute Gasteiger partial charge is 0.248 e. The van der Waals surface area contributed by atoms with Crippen molar-refractivity contribution >= 4 is 34.9 Å². The molecule has 5 nitrogen and oxygen atoms in total. The van der Waals surface area contributed by atoms with Crippen LogP contribution in [0, 0.1) is 0 Å². The zero-order valence-corrected chi connectivity index (χ0v) is 18.0. The summed E-state index contributed by atoms with van der Waals surface area (Å²) < 4.78 is 0. The molecule has 0 amide bonds. The number of phenolic OH excluding ortho intramolecular Hbond substituents is 1. The second-order valence-electron chi connectivity index (χ2n) is 7.70. The van der Waals surface area contributed by atoms with E-state index in [9.17, 15) is 15.0 Å². The van der Waals surface area contributed by atoms with Crippen molar-refractivity contribution in [2.45, 2.75) is 38.3 Å². The molecule has 3 rings (SSSR count). The molecule has 0 aliphatic carbocycles. The number of aromatic amines is 1. The molecule has 7 heteroatoms. The van der Waals surface area contributed by atoms with E-state index in [1.807, 2.05) is 18.2 Å². The van der Waals surface area contributed by atoms with Crippen molar-refractivity contribution < 1.29 is 10.2 Å². The quantitative estimate of drug-likeness (QED) is 0.443. The number of benzene rings is 2. The molecule has 1 unspecified atom stereocenters. The molecule has 156 valence electrons. The molecule has 29 heavy (non-hydrogen) atoms. The van der Waals surface area contributed by atoms with Crippen molar-refractivity contribution in [1.82, 2.24) is 10.3 Å². The Bertz CT molecular complexity index is 1030. The van der Waals surface area contributed by atoms with Crippen LogP contribution in [0.25, 0.3) is 10.9 Å². The highest BCUT2D eigenvalue weighted by Crippen LogP contribution is 2.29. The number of β-amino-alcohol motifs (C(OH)–C–C–N with tert-alkyl or cyclic N) is 1. The lowest BCUT2D eigenvalue weighted by atomic mass is 9.94. The second kappa shape index (κ2) is 9.63. The summed E-state index contributed by atoms with van der Waals surface area (Å²) >= 11 is 6.05. The Balaban J connectivity index is 0.00000300. The Morgan fingerprint density at radius 1 is 1.17 bits per heavy atom.